The first-order valence-corrected chi connectivity index (χ1v) is 9.47. The first-order valence-electron chi connectivity index (χ1n) is 9.47. The number of benzene rings is 1. The van der Waals surface area contributed by atoms with Gasteiger partial charge in [0.1, 0.15) is 0 Å². The first kappa shape index (κ1) is 18.5. The maximum absolute atomic E-state index is 12.7. The van der Waals surface area contributed by atoms with Crippen LogP contribution in [0, 0.1) is 18.3 Å². The fourth-order valence-electron chi connectivity index (χ4n) is 3.43. The highest BCUT2D eigenvalue weighted by atomic mass is 16.2. The minimum absolute atomic E-state index is 0.0403. The van der Waals surface area contributed by atoms with Crippen molar-refractivity contribution in [3.63, 3.8) is 0 Å². The fraction of sp³-hybridized carbons (Fsp3) is 0.524. The minimum atomic E-state index is -0.139. The van der Waals surface area contributed by atoms with Gasteiger partial charge in [0.2, 0.25) is 11.8 Å². The van der Waals surface area contributed by atoms with Gasteiger partial charge in [-0.1, -0.05) is 24.5 Å². The number of amides is 2. The van der Waals surface area contributed by atoms with Gasteiger partial charge in [0.15, 0.2) is 0 Å². The molecule has 0 bridgehead atoms. The zero-order valence-corrected chi connectivity index (χ0v) is 15.3. The van der Waals surface area contributed by atoms with Crippen LogP contribution < -0.4 is 10.6 Å². The third kappa shape index (κ3) is 4.64. The quantitative estimate of drug-likeness (QED) is 0.773. The Balaban J connectivity index is 1.56. The number of terminal acetylenes is 1. The summed E-state index contributed by atoms with van der Waals surface area (Å²) in [6, 6.07) is 7.46. The van der Waals surface area contributed by atoms with E-state index >= 15 is 0 Å². The van der Waals surface area contributed by atoms with Crippen LogP contribution in [0.25, 0.3) is 0 Å². The van der Waals surface area contributed by atoms with Gasteiger partial charge < -0.3 is 10.6 Å². The zero-order chi connectivity index (χ0) is 18.5. The third-order valence-corrected chi connectivity index (χ3v) is 5.20. The van der Waals surface area contributed by atoms with Gasteiger partial charge in [-0.05, 0) is 56.8 Å². The summed E-state index contributed by atoms with van der Waals surface area (Å²) < 4.78 is 0. The van der Waals surface area contributed by atoms with E-state index in [1.807, 2.05) is 31.2 Å². The second kappa shape index (κ2) is 8.37. The van der Waals surface area contributed by atoms with E-state index in [1.165, 1.54) is 0 Å². The van der Waals surface area contributed by atoms with E-state index in [-0.39, 0.29) is 29.8 Å². The Morgan fingerprint density at radius 3 is 2.58 bits per heavy atom. The van der Waals surface area contributed by atoms with Crippen molar-refractivity contribution in [2.75, 3.05) is 18.4 Å². The minimum Gasteiger partial charge on any atom is -0.348 e. The predicted molar refractivity (Wildman–Crippen MR) is 102 cm³/mol. The number of likely N-dealkylation sites (tertiary alicyclic amines) is 1. The van der Waals surface area contributed by atoms with Crippen LogP contribution in [0.4, 0.5) is 5.69 Å². The highest BCUT2D eigenvalue weighted by Gasteiger charge is 2.30. The topological polar surface area (TPSA) is 61.4 Å². The van der Waals surface area contributed by atoms with Crippen molar-refractivity contribution < 1.29 is 9.59 Å². The van der Waals surface area contributed by atoms with Crippen LogP contribution in [0.3, 0.4) is 0 Å². The molecule has 2 aliphatic rings. The number of carbonyl (C=O) groups is 2. The molecule has 138 valence electrons. The maximum Gasteiger partial charge on any atom is 0.237 e. The van der Waals surface area contributed by atoms with Crippen LogP contribution in [0.5, 0.6) is 0 Å². The summed E-state index contributed by atoms with van der Waals surface area (Å²) in [5.74, 6) is 2.98. The van der Waals surface area contributed by atoms with Crippen molar-refractivity contribution in [3.8, 4) is 12.3 Å². The third-order valence-electron chi connectivity index (χ3n) is 5.20. The summed E-state index contributed by atoms with van der Waals surface area (Å²) in [5.41, 5.74) is 1.82. The van der Waals surface area contributed by atoms with Crippen molar-refractivity contribution in [1.82, 2.24) is 10.2 Å². The van der Waals surface area contributed by atoms with E-state index in [0.29, 0.717) is 6.54 Å². The number of hydrogen-bond acceptors (Lipinski definition) is 3. The Labute approximate surface area is 155 Å². The normalized spacial score (nSPS) is 21.5. The Morgan fingerprint density at radius 2 is 1.92 bits per heavy atom. The lowest BCUT2D eigenvalue weighted by atomic mass is 10.0. The molecule has 2 fully saturated rings. The number of carbonyl (C=O) groups excluding carboxylic acids is 2. The van der Waals surface area contributed by atoms with Gasteiger partial charge >= 0.3 is 0 Å². The van der Waals surface area contributed by atoms with Crippen LogP contribution in [0.2, 0.25) is 0 Å². The van der Waals surface area contributed by atoms with Gasteiger partial charge in [0.05, 0.1) is 18.6 Å². The molecule has 5 nitrogen and oxygen atoms in total. The molecule has 3 rings (SSSR count). The summed E-state index contributed by atoms with van der Waals surface area (Å²) >= 11 is 0. The van der Waals surface area contributed by atoms with Gasteiger partial charge in [-0.25, -0.2) is 0 Å². The van der Waals surface area contributed by atoms with Crippen LogP contribution in [-0.2, 0) is 9.59 Å². The molecule has 1 saturated carbocycles. The summed E-state index contributed by atoms with van der Waals surface area (Å²) in [6.45, 7) is 3.37. The van der Waals surface area contributed by atoms with Crippen LogP contribution in [-0.4, -0.2) is 35.8 Å². The molecular weight excluding hydrogens is 326 g/mol. The van der Waals surface area contributed by atoms with Crippen LogP contribution in [0.15, 0.2) is 24.3 Å². The highest BCUT2D eigenvalue weighted by Crippen LogP contribution is 2.30. The molecule has 5 heteroatoms. The van der Waals surface area contributed by atoms with E-state index in [2.05, 4.69) is 21.5 Å². The van der Waals surface area contributed by atoms with Crippen molar-refractivity contribution in [2.45, 2.75) is 51.1 Å². The Kier molecular flexibility index (Phi) is 5.95. The van der Waals surface area contributed by atoms with Crippen molar-refractivity contribution in [3.05, 3.63) is 29.8 Å². The number of nitrogens with one attached hydrogen (secondary N) is 2. The molecule has 0 radical (unpaired) electrons. The summed E-state index contributed by atoms with van der Waals surface area (Å²) in [4.78, 5) is 26.6. The molecule has 2 amide bonds. The van der Waals surface area contributed by atoms with Gasteiger partial charge in [-0.15, -0.1) is 6.42 Å². The molecule has 0 aromatic heterocycles. The average Bonchev–Trinajstić information content (AvgIpc) is 3.48. The molecule has 1 saturated heterocycles. The van der Waals surface area contributed by atoms with Crippen LogP contribution >= 0.6 is 0 Å². The van der Waals surface area contributed by atoms with Gasteiger partial charge in [-0.2, -0.15) is 0 Å². The Hall–Kier alpha value is -2.32. The summed E-state index contributed by atoms with van der Waals surface area (Å²) in [7, 11) is 0. The maximum atomic E-state index is 12.7. The van der Waals surface area contributed by atoms with E-state index in [0.717, 1.165) is 49.9 Å². The lowest BCUT2D eigenvalue weighted by Gasteiger charge is -2.34. The second-order valence-corrected chi connectivity index (χ2v) is 7.30. The van der Waals surface area contributed by atoms with E-state index in [9.17, 15) is 9.59 Å². The highest BCUT2D eigenvalue weighted by molar-refractivity contribution is 5.94. The van der Waals surface area contributed by atoms with E-state index in [1.54, 1.807) is 0 Å². The van der Waals surface area contributed by atoms with Gasteiger partial charge in [0, 0.05) is 11.6 Å². The molecule has 1 aromatic carbocycles. The molecule has 1 aliphatic heterocycles. The number of anilines is 1. The summed E-state index contributed by atoms with van der Waals surface area (Å²) in [5, 5.41) is 6.04. The Morgan fingerprint density at radius 1 is 1.19 bits per heavy atom. The van der Waals surface area contributed by atoms with Crippen molar-refractivity contribution in [1.29, 1.82) is 0 Å². The van der Waals surface area contributed by atoms with Gasteiger partial charge in [-0.3, -0.25) is 14.5 Å². The molecular formula is C21H27N3O2. The number of nitrogens with zero attached hydrogens (tertiary/aromatic N) is 1. The lowest BCUT2D eigenvalue weighted by molar-refractivity contribution is -0.128. The molecule has 1 aliphatic carbocycles. The average molecular weight is 353 g/mol. The molecule has 26 heavy (non-hydrogen) atoms. The van der Waals surface area contributed by atoms with E-state index in [4.69, 9.17) is 6.42 Å². The SMILES string of the molecule is C#CCN1CCCC[C@@H]1C(=O)N[C@@H](C)c1ccc(NC(=O)C2CC2)cc1. The second-order valence-electron chi connectivity index (χ2n) is 7.30. The zero-order valence-electron chi connectivity index (χ0n) is 15.3. The molecule has 0 spiro atoms. The summed E-state index contributed by atoms with van der Waals surface area (Å²) in [6.07, 6.45) is 10.4. The molecule has 2 atom stereocenters. The van der Waals surface area contributed by atoms with Gasteiger partial charge in [0.25, 0.3) is 0 Å². The standard InChI is InChI=1S/C21H27N3O2/c1-3-13-24-14-5-4-6-19(24)21(26)22-15(2)16-9-11-18(12-10-16)23-20(25)17-7-8-17/h1,9-12,15,17,19H,4-8,13-14H2,2H3,(H,22,26)(H,23,25)/t15-,19+/m0/s1. The number of hydrogen-bond donors (Lipinski definition) is 2. The van der Waals surface area contributed by atoms with Crippen LogP contribution in [0.1, 0.15) is 50.6 Å². The fourth-order valence-corrected chi connectivity index (χ4v) is 3.43. The lowest BCUT2D eigenvalue weighted by Crippen LogP contribution is -2.49. The largest absolute Gasteiger partial charge is 0.348 e. The number of piperidine rings is 1. The van der Waals surface area contributed by atoms with Crippen molar-refractivity contribution in [2.24, 2.45) is 5.92 Å². The monoisotopic (exact) mass is 353 g/mol. The molecule has 1 aromatic rings. The predicted octanol–water partition coefficient (Wildman–Crippen LogP) is 2.70. The van der Waals surface area contributed by atoms with Crippen molar-refractivity contribution >= 4 is 17.5 Å². The number of rotatable bonds is 6. The first-order chi connectivity index (χ1) is 12.6. The molecule has 2 N–H and O–H groups in total. The van der Waals surface area contributed by atoms with E-state index < -0.39 is 0 Å². The smallest absolute Gasteiger partial charge is 0.237 e. The Bertz CT molecular complexity index is 688. The molecule has 1 heterocycles. The molecule has 0 unspecified atom stereocenters.